The van der Waals surface area contributed by atoms with E-state index in [0.29, 0.717) is 23.5 Å². The highest BCUT2D eigenvalue weighted by molar-refractivity contribution is 5.95. The van der Waals surface area contributed by atoms with Crippen LogP contribution in [0.1, 0.15) is 41.6 Å². The second-order valence-electron chi connectivity index (χ2n) is 7.14. The van der Waals surface area contributed by atoms with E-state index in [0.717, 1.165) is 31.2 Å². The van der Waals surface area contributed by atoms with Crippen molar-refractivity contribution in [1.82, 2.24) is 25.1 Å². The Labute approximate surface area is 168 Å². The van der Waals surface area contributed by atoms with Gasteiger partial charge >= 0.3 is 0 Å². The highest BCUT2D eigenvalue weighted by atomic mass is 19.1. The number of nitrogens with zero attached hydrogens (tertiary/aromatic N) is 5. The number of hydrogen-bond acceptors (Lipinski definition) is 5. The molecule has 2 aromatic carbocycles. The predicted octanol–water partition coefficient (Wildman–Crippen LogP) is 3.40. The van der Waals surface area contributed by atoms with Crippen molar-refractivity contribution in [2.45, 2.75) is 38.3 Å². The number of methoxy groups -OCH3 is 1. The number of rotatable bonds is 6. The molecule has 8 heteroatoms. The zero-order valence-electron chi connectivity index (χ0n) is 16.2. The van der Waals surface area contributed by atoms with Gasteiger partial charge < -0.3 is 9.64 Å². The monoisotopic (exact) mass is 395 g/mol. The van der Waals surface area contributed by atoms with E-state index in [1.165, 1.54) is 23.1 Å². The van der Waals surface area contributed by atoms with E-state index >= 15 is 0 Å². The molecule has 0 N–H and O–H groups in total. The summed E-state index contributed by atoms with van der Waals surface area (Å²) < 4.78 is 20.5. The average molecular weight is 395 g/mol. The van der Waals surface area contributed by atoms with Crippen molar-refractivity contribution in [3.8, 4) is 11.4 Å². The Bertz CT molecular complexity index is 986. The van der Waals surface area contributed by atoms with Crippen LogP contribution < -0.4 is 4.74 Å². The molecule has 1 heterocycles. The van der Waals surface area contributed by atoms with Crippen molar-refractivity contribution in [3.63, 3.8) is 0 Å². The molecule has 0 bridgehead atoms. The van der Waals surface area contributed by atoms with Crippen molar-refractivity contribution < 1.29 is 13.9 Å². The molecule has 0 aliphatic heterocycles. The Kier molecular flexibility index (Phi) is 5.50. The summed E-state index contributed by atoms with van der Waals surface area (Å²) in [5.41, 5.74) is 1.87. The molecule has 150 valence electrons. The third kappa shape index (κ3) is 4.11. The fourth-order valence-electron chi connectivity index (χ4n) is 3.85. The van der Waals surface area contributed by atoms with Crippen molar-refractivity contribution in [1.29, 1.82) is 0 Å². The SMILES string of the molecule is COc1ccc(C(=O)N(Cc2cccc(F)c2)C2CCCC2)cc1-n1cnnn1. The minimum atomic E-state index is -0.299. The van der Waals surface area contributed by atoms with Gasteiger partial charge in [-0.3, -0.25) is 4.79 Å². The lowest BCUT2D eigenvalue weighted by Gasteiger charge is -2.29. The van der Waals surface area contributed by atoms with Gasteiger partial charge in [0, 0.05) is 18.2 Å². The van der Waals surface area contributed by atoms with E-state index < -0.39 is 0 Å². The zero-order chi connectivity index (χ0) is 20.2. The average Bonchev–Trinajstić information content (AvgIpc) is 3.45. The van der Waals surface area contributed by atoms with Gasteiger partial charge in [-0.05, 0) is 59.2 Å². The van der Waals surface area contributed by atoms with Gasteiger partial charge in [-0.25, -0.2) is 4.39 Å². The van der Waals surface area contributed by atoms with Crippen LogP contribution in [0.4, 0.5) is 4.39 Å². The van der Waals surface area contributed by atoms with Gasteiger partial charge in [-0.2, -0.15) is 4.68 Å². The first-order valence-corrected chi connectivity index (χ1v) is 9.62. The van der Waals surface area contributed by atoms with Crippen molar-refractivity contribution in [3.05, 3.63) is 65.7 Å². The first-order valence-electron chi connectivity index (χ1n) is 9.62. The smallest absolute Gasteiger partial charge is 0.254 e. The molecule has 0 unspecified atom stereocenters. The minimum Gasteiger partial charge on any atom is -0.494 e. The van der Waals surface area contributed by atoms with Gasteiger partial charge in [0.05, 0.1) is 7.11 Å². The largest absolute Gasteiger partial charge is 0.494 e. The van der Waals surface area contributed by atoms with Gasteiger partial charge in [0.1, 0.15) is 23.6 Å². The molecule has 7 nitrogen and oxygen atoms in total. The van der Waals surface area contributed by atoms with Crippen LogP contribution in [0.3, 0.4) is 0 Å². The van der Waals surface area contributed by atoms with Crippen LogP contribution in [0, 0.1) is 5.82 Å². The lowest BCUT2D eigenvalue weighted by molar-refractivity contribution is 0.0664. The van der Waals surface area contributed by atoms with Gasteiger partial charge in [0.2, 0.25) is 0 Å². The Morgan fingerprint density at radius 3 is 2.76 bits per heavy atom. The van der Waals surface area contributed by atoms with Crippen LogP contribution in [0.2, 0.25) is 0 Å². The van der Waals surface area contributed by atoms with Gasteiger partial charge in [-0.1, -0.05) is 25.0 Å². The summed E-state index contributed by atoms with van der Waals surface area (Å²) in [5.74, 6) is 0.163. The molecule has 1 aromatic heterocycles. The first-order chi connectivity index (χ1) is 14.2. The Hall–Kier alpha value is -3.29. The van der Waals surface area contributed by atoms with Crippen LogP contribution in [0.15, 0.2) is 48.8 Å². The molecule has 1 aliphatic rings. The molecule has 1 saturated carbocycles. The van der Waals surface area contributed by atoms with Crippen LogP contribution in [-0.2, 0) is 6.54 Å². The van der Waals surface area contributed by atoms with E-state index in [9.17, 15) is 9.18 Å². The third-order valence-corrected chi connectivity index (χ3v) is 5.29. The second-order valence-corrected chi connectivity index (χ2v) is 7.14. The summed E-state index contributed by atoms with van der Waals surface area (Å²) in [6.07, 6.45) is 5.55. The van der Waals surface area contributed by atoms with Crippen LogP contribution in [0.25, 0.3) is 5.69 Å². The maximum Gasteiger partial charge on any atom is 0.254 e. The Balaban J connectivity index is 1.67. The molecule has 1 fully saturated rings. The van der Waals surface area contributed by atoms with Crippen molar-refractivity contribution in [2.24, 2.45) is 0 Å². The number of amides is 1. The van der Waals surface area contributed by atoms with Crippen LogP contribution in [0.5, 0.6) is 5.75 Å². The quantitative estimate of drug-likeness (QED) is 0.640. The first kappa shape index (κ1) is 19.0. The molecular weight excluding hydrogens is 373 g/mol. The maximum atomic E-state index is 13.7. The number of aromatic nitrogens is 4. The Morgan fingerprint density at radius 1 is 1.24 bits per heavy atom. The molecule has 1 amide bonds. The summed E-state index contributed by atoms with van der Waals surface area (Å²) in [4.78, 5) is 15.3. The number of carbonyl (C=O) groups is 1. The van der Waals surface area contributed by atoms with E-state index in [-0.39, 0.29) is 17.8 Å². The lowest BCUT2D eigenvalue weighted by Crippen LogP contribution is -2.38. The highest BCUT2D eigenvalue weighted by Gasteiger charge is 2.28. The summed E-state index contributed by atoms with van der Waals surface area (Å²) >= 11 is 0. The van der Waals surface area contributed by atoms with E-state index in [2.05, 4.69) is 15.5 Å². The third-order valence-electron chi connectivity index (χ3n) is 5.29. The molecule has 29 heavy (non-hydrogen) atoms. The molecule has 0 saturated heterocycles. The molecular formula is C21H22FN5O2. The number of benzene rings is 2. The van der Waals surface area contributed by atoms with E-state index in [1.807, 2.05) is 11.0 Å². The number of hydrogen-bond donors (Lipinski definition) is 0. The van der Waals surface area contributed by atoms with E-state index in [4.69, 9.17) is 4.74 Å². The Morgan fingerprint density at radius 2 is 2.07 bits per heavy atom. The molecule has 4 rings (SSSR count). The topological polar surface area (TPSA) is 73.1 Å². The fourth-order valence-corrected chi connectivity index (χ4v) is 3.85. The van der Waals surface area contributed by atoms with Gasteiger partial charge in [0.25, 0.3) is 5.91 Å². The van der Waals surface area contributed by atoms with Crippen LogP contribution >= 0.6 is 0 Å². The molecule has 0 spiro atoms. The van der Waals surface area contributed by atoms with Crippen LogP contribution in [-0.4, -0.2) is 44.2 Å². The van der Waals surface area contributed by atoms with Crippen molar-refractivity contribution in [2.75, 3.05) is 7.11 Å². The van der Waals surface area contributed by atoms with E-state index in [1.54, 1.807) is 31.4 Å². The summed E-state index contributed by atoms with van der Waals surface area (Å²) in [6, 6.07) is 11.8. The second kappa shape index (κ2) is 8.38. The lowest BCUT2D eigenvalue weighted by atomic mass is 10.1. The maximum absolute atomic E-state index is 13.7. The summed E-state index contributed by atoms with van der Waals surface area (Å²) in [5, 5.41) is 11.2. The normalized spacial score (nSPS) is 14.1. The number of halogens is 1. The fraction of sp³-hybridized carbons (Fsp3) is 0.333. The number of tetrazole rings is 1. The number of carbonyl (C=O) groups excluding carboxylic acids is 1. The molecule has 0 atom stereocenters. The standard InChI is InChI=1S/C21H22FN5O2/c1-29-20-10-9-16(12-19(20)27-14-23-24-25-27)21(28)26(18-7-2-3-8-18)13-15-5-4-6-17(22)11-15/h4-6,9-12,14,18H,2-3,7-8,13H2,1H3. The molecule has 3 aromatic rings. The predicted molar refractivity (Wildman–Crippen MR) is 104 cm³/mol. The number of ether oxygens (including phenoxy) is 1. The molecule has 0 radical (unpaired) electrons. The summed E-state index contributed by atoms with van der Waals surface area (Å²) in [6.45, 7) is 0.369. The zero-order valence-corrected chi connectivity index (χ0v) is 16.2. The molecule has 1 aliphatic carbocycles. The highest BCUT2D eigenvalue weighted by Crippen LogP contribution is 2.29. The summed E-state index contributed by atoms with van der Waals surface area (Å²) in [7, 11) is 1.56. The minimum absolute atomic E-state index is 0.0989. The van der Waals surface area contributed by atoms with Gasteiger partial charge in [-0.15, -0.1) is 5.10 Å². The van der Waals surface area contributed by atoms with Gasteiger partial charge in [0.15, 0.2) is 0 Å². The van der Waals surface area contributed by atoms with Crippen molar-refractivity contribution >= 4 is 5.91 Å².